The molecule has 2 N–H and O–H groups in total. The molecular formula is C25H29F4N3. The summed E-state index contributed by atoms with van der Waals surface area (Å²) in [7, 11) is 0. The molecule has 1 atom stereocenters. The van der Waals surface area contributed by atoms with E-state index in [-0.39, 0.29) is 17.8 Å². The van der Waals surface area contributed by atoms with Crippen molar-refractivity contribution in [1.29, 1.82) is 0 Å². The second-order valence-electron chi connectivity index (χ2n) is 9.00. The molecule has 172 valence electrons. The number of benzene rings is 2. The number of alkyl halides is 3. The lowest BCUT2D eigenvalue weighted by atomic mass is 9.89. The molecule has 1 fully saturated rings. The highest BCUT2D eigenvalue weighted by atomic mass is 19.4. The minimum atomic E-state index is -4.30. The fraction of sp³-hybridized carbons (Fsp3) is 0.440. The summed E-state index contributed by atoms with van der Waals surface area (Å²) in [5.74, 6) is -0.0539. The highest BCUT2D eigenvalue weighted by molar-refractivity contribution is 5.75. The van der Waals surface area contributed by atoms with Crippen molar-refractivity contribution < 1.29 is 17.6 Å². The van der Waals surface area contributed by atoms with Gasteiger partial charge in [0.2, 0.25) is 0 Å². The van der Waals surface area contributed by atoms with E-state index >= 15 is 0 Å². The van der Waals surface area contributed by atoms with Crippen molar-refractivity contribution in [3.8, 4) is 0 Å². The summed E-state index contributed by atoms with van der Waals surface area (Å²) in [5, 5.41) is 0. The number of halogens is 4. The first-order valence-corrected chi connectivity index (χ1v) is 11.1. The van der Waals surface area contributed by atoms with Gasteiger partial charge in [-0.25, -0.2) is 4.39 Å². The van der Waals surface area contributed by atoms with E-state index in [1.54, 1.807) is 18.2 Å². The average molecular weight is 448 g/mol. The molecule has 0 amide bonds. The third-order valence-corrected chi connectivity index (χ3v) is 6.74. The molecular weight excluding hydrogens is 418 g/mol. The van der Waals surface area contributed by atoms with Crippen LogP contribution in [0.3, 0.4) is 0 Å². The molecule has 2 aliphatic rings. The number of nitrogen functional groups attached to an aromatic ring is 1. The molecule has 3 nitrogen and oxygen atoms in total. The SMILES string of the molecule is C=C(CN1CCC(c2ccc(C(F)(F)F)cc2)CC1)N1c2c(N)cc(F)cc2CCC1C. The molecule has 0 aromatic heterocycles. The quantitative estimate of drug-likeness (QED) is 0.464. The van der Waals surface area contributed by atoms with Crippen molar-refractivity contribution in [2.45, 2.75) is 50.7 Å². The van der Waals surface area contributed by atoms with Crippen LogP contribution < -0.4 is 10.6 Å². The molecule has 2 aromatic rings. The van der Waals surface area contributed by atoms with Crippen LogP contribution in [0.5, 0.6) is 0 Å². The Bertz CT molecular complexity index is 976. The van der Waals surface area contributed by atoms with Gasteiger partial charge in [0.25, 0.3) is 0 Å². The average Bonchev–Trinajstić information content (AvgIpc) is 2.74. The number of hydrogen-bond acceptors (Lipinski definition) is 3. The van der Waals surface area contributed by atoms with Crippen molar-refractivity contribution in [3.05, 3.63) is 71.2 Å². The van der Waals surface area contributed by atoms with Gasteiger partial charge >= 0.3 is 6.18 Å². The number of aryl methyl sites for hydroxylation is 1. The molecule has 2 aliphatic heterocycles. The van der Waals surface area contributed by atoms with Crippen LogP contribution in [0.1, 0.15) is 48.8 Å². The zero-order valence-corrected chi connectivity index (χ0v) is 18.3. The minimum Gasteiger partial charge on any atom is -0.397 e. The van der Waals surface area contributed by atoms with Gasteiger partial charge < -0.3 is 10.6 Å². The van der Waals surface area contributed by atoms with Gasteiger partial charge in [0, 0.05) is 18.3 Å². The zero-order valence-electron chi connectivity index (χ0n) is 18.3. The van der Waals surface area contributed by atoms with Gasteiger partial charge in [-0.3, -0.25) is 4.90 Å². The maximum Gasteiger partial charge on any atom is 0.416 e. The largest absolute Gasteiger partial charge is 0.416 e. The number of nitrogens with zero attached hydrogens (tertiary/aromatic N) is 2. The van der Waals surface area contributed by atoms with Crippen LogP contribution in [0.2, 0.25) is 0 Å². The third kappa shape index (κ3) is 4.63. The Morgan fingerprint density at radius 1 is 1.09 bits per heavy atom. The van der Waals surface area contributed by atoms with Gasteiger partial charge in [0.05, 0.1) is 16.9 Å². The van der Waals surface area contributed by atoms with Gasteiger partial charge in [0.1, 0.15) is 5.82 Å². The van der Waals surface area contributed by atoms with Gasteiger partial charge in [-0.05, 0) is 87.0 Å². The first-order chi connectivity index (χ1) is 15.1. The number of nitrogens with two attached hydrogens (primary N) is 1. The monoisotopic (exact) mass is 447 g/mol. The Kier molecular flexibility index (Phi) is 6.21. The van der Waals surface area contributed by atoms with E-state index in [1.165, 1.54) is 18.2 Å². The van der Waals surface area contributed by atoms with E-state index in [9.17, 15) is 17.6 Å². The van der Waals surface area contributed by atoms with E-state index in [1.807, 2.05) is 0 Å². The number of likely N-dealkylation sites (tertiary alicyclic amines) is 1. The number of anilines is 2. The molecule has 0 radical (unpaired) electrons. The predicted octanol–water partition coefficient (Wildman–Crippen LogP) is 5.96. The van der Waals surface area contributed by atoms with Crippen LogP contribution in [0.15, 0.2) is 48.7 Å². The Labute approximate surface area is 186 Å². The molecule has 1 unspecified atom stereocenters. The maximum absolute atomic E-state index is 13.8. The van der Waals surface area contributed by atoms with Gasteiger partial charge in [0.15, 0.2) is 0 Å². The molecule has 0 aliphatic carbocycles. The van der Waals surface area contributed by atoms with Crippen molar-refractivity contribution >= 4 is 11.4 Å². The van der Waals surface area contributed by atoms with Gasteiger partial charge in [-0.15, -0.1) is 0 Å². The lowest BCUT2D eigenvalue weighted by Crippen LogP contribution is -2.42. The van der Waals surface area contributed by atoms with Crippen molar-refractivity contribution in [2.75, 3.05) is 30.3 Å². The molecule has 4 rings (SSSR count). The summed E-state index contributed by atoms with van der Waals surface area (Å²) in [6.45, 7) is 8.83. The smallest absolute Gasteiger partial charge is 0.397 e. The fourth-order valence-corrected chi connectivity index (χ4v) is 5.05. The summed E-state index contributed by atoms with van der Waals surface area (Å²) in [6.07, 6.45) is -0.830. The van der Waals surface area contributed by atoms with E-state index in [0.717, 1.165) is 61.3 Å². The Hall–Kier alpha value is -2.54. The number of piperidine rings is 1. The Morgan fingerprint density at radius 2 is 1.75 bits per heavy atom. The summed E-state index contributed by atoms with van der Waals surface area (Å²) in [4.78, 5) is 4.47. The Morgan fingerprint density at radius 3 is 2.38 bits per heavy atom. The normalized spacial score (nSPS) is 20.3. The topological polar surface area (TPSA) is 32.5 Å². The molecule has 0 spiro atoms. The molecule has 32 heavy (non-hydrogen) atoms. The standard InChI is InChI=1S/C25H29F4N3/c1-16-3-4-20-13-22(26)14-23(30)24(20)32(16)17(2)15-31-11-9-19(10-12-31)18-5-7-21(8-6-18)25(27,28)29/h5-8,13-14,16,19H,2-4,9-12,15,30H2,1H3. The van der Waals surface area contributed by atoms with E-state index < -0.39 is 11.7 Å². The Balaban J connectivity index is 1.39. The summed E-state index contributed by atoms with van der Waals surface area (Å²) >= 11 is 0. The van der Waals surface area contributed by atoms with Gasteiger partial charge in [-0.1, -0.05) is 18.7 Å². The van der Waals surface area contributed by atoms with Crippen LogP contribution in [-0.4, -0.2) is 30.6 Å². The molecule has 2 heterocycles. The number of rotatable bonds is 4. The molecule has 2 aromatic carbocycles. The lowest BCUT2D eigenvalue weighted by Gasteiger charge is -2.41. The van der Waals surface area contributed by atoms with Crippen LogP contribution >= 0.6 is 0 Å². The highest BCUT2D eigenvalue weighted by Crippen LogP contribution is 2.39. The van der Waals surface area contributed by atoms with E-state index in [0.29, 0.717) is 12.2 Å². The first-order valence-electron chi connectivity index (χ1n) is 11.1. The number of fused-ring (bicyclic) bond motifs is 1. The highest BCUT2D eigenvalue weighted by Gasteiger charge is 2.31. The van der Waals surface area contributed by atoms with Crippen LogP contribution in [-0.2, 0) is 12.6 Å². The second kappa shape index (κ2) is 8.77. The minimum absolute atomic E-state index is 0.229. The number of hydrogen-bond donors (Lipinski definition) is 1. The molecule has 0 saturated carbocycles. The maximum atomic E-state index is 13.8. The molecule has 0 bridgehead atoms. The third-order valence-electron chi connectivity index (χ3n) is 6.74. The van der Waals surface area contributed by atoms with Crippen molar-refractivity contribution in [1.82, 2.24) is 4.90 Å². The lowest BCUT2D eigenvalue weighted by molar-refractivity contribution is -0.137. The molecule has 1 saturated heterocycles. The van der Waals surface area contributed by atoms with Crippen LogP contribution in [0.25, 0.3) is 0 Å². The second-order valence-corrected chi connectivity index (χ2v) is 9.00. The predicted molar refractivity (Wildman–Crippen MR) is 120 cm³/mol. The summed E-state index contributed by atoms with van der Waals surface area (Å²) < 4.78 is 52.2. The van der Waals surface area contributed by atoms with E-state index in [4.69, 9.17) is 5.73 Å². The van der Waals surface area contributed by atoms with Gasteiger partial charge in [-0.2, -0.15) is 13.2 Å². The summed E-state index contributed by atoms with van der Waals surface area (Å²) in [5.41, 5.74) is 9.70. The summed E-state index contributed by atoms with van der Waals surface area (Å²) in [6, 6.07) is 8.72. The van der Waals surface area contributed by atoms with E-state index in [2.05, 4.69) is 23.3 Å². The van der Waals surface area contributed by atoms with Crippen LogP contribution in [0, 0.1) is 5.82 Å². The fourth-order valence-electron chi connectivity index (χ4n) is 5.05. The zero-order chi connectivity index (χ0) is 23.0. The van der Waals surface area contributed by atoms with Crippen molar-refractivity contribution in [3.63, 3.8) is 0 Å². The van der Waals surface area contributed by atoms with Crippen LogP contribution in [0.4, 0.5) is 28.9 Å². The molecule has 7 heteroatoms. The first kappa shape index (κ1) is 22.6. The van der Waals surface area contributed by atoms with Crippen molar-refractivity contribution in [2.24, 2.45) is 0 Å².